The van der Waals surface area contributed by atoms with E-state index in [1.165, 1.54) is 4.57 Å². The monoisotopic (exact) mass is 237 g/mol. The van der Waals surface area contributed by atoms with Gasteiger partial charge in [-0.15, -0.1) is 0 Å². The van der Waals surface area contributed by atoms with E-state index in [1.807, 2.05) is 42.5 Å². The fourth-order valence-electron chi connectivity index (χ4n) is 1.83. The quantitative estimate of drug-likeness (QED) is 0.684. The maximum absolute atomic E-state index is 12.3. The zero-order valence-electron chi connectivity index (χ0n) is 9.60. The SMILES string of the molecule is O=c1n(-c2ccccc2)ccn1-c1ccccn1. The van der Waals surface area contributed by atoms with Gasteiger partial charge in [-0.3, -0.25) is 9.13 Å². The molecule has 4 nitrogen and oxygen atoms in total. The van der Waals surface area contributed by atoms with Gasteiger partial charge in [0.1, 0.15) is 5.82 Å². The highest BCUT2D eigenvalue weighted by molar-refractivity contribution is 5.32. The first-order chi connectivity index (χ1) is 8.86. The molecule has 3 aromatic rings. The van der Waals surface area contributed by atoms with Crippen LogP contribution in [0, 0.1) is 0 Å². The number of hydrogen-bond acceptors (Lipinski definition) is 2. The van der Waals surface area contributed by atoms with Gasteiger partial charge in [0.25, 0.3) is 0 Å². The molecule has 2 aromatic heterocycles. The Labute approximate surface area is 104 Å². The first kappa shape index (κ1) is 10.5. The van der Waals surface area contributed by atoms with E-state index in [4.69, 9.17) is 0 Å². The van der Waals surface area contributed by atoms with Crippen molar-refractivity contribution in [2.24, 2.45) is 0 Å². The van der Waals surface area contributed by atoms with Crippen LogP contribution in [0.15, 0.2) is 71.9 Å². The molecule has 88 valence electrons. The molecule has 0 saturated heterocycles. The van der Waals surface area contributed by atoms with Gasteiger partial charge in [-0.1, -0.05) is 24.3 Å². The Kier molecular flexibility index (Phi) is 2.53. The summed E-state index contributed by atoms with van der Waals surface area (Å²) in [5.74, 6) is 0.622. The molecule has 4 heteroatoms. The van der Waals surface area contributed by atoms with Crippen molar-refractivity contribution in [1.29, 1.82) is 0 Å². The highest BCUT2D eigenvalue weighted by Crippen LogP contribution is 2.05. The van der Waals surface area contributed by atoms with Gasteiger partial charge in [-0.2, -0.15) is 0 Å². The molecule has 1 aromatic carbocycles. The molecule has 0 atom stereocenters. The molecule has 3 rings (SSSR count). The van der Waals surface area contributed by atoms with E-state index < -0.39 is 0 Å². The smallest absolute Gasteiger partial charge is 0.268 e. The molecule has 0 spiro atoms. The molecule has 0 saturated carbocycles. The lowest BCUT2D eigenvalue weighted by Gasteiger charge is -2.01. The van der Waals surface area contributed by atoms with Gasteiger partial charge in [0, 0.05) is 18.6 Å². The second-order valence-corrected chi connectivity index (χ2v) is 3.84. The van der Waals surface area contributed by atoms with Crippen LogP contribution in [0.5, 0.6) is 0 Å². The first-order valence-corrected chi connectivity index (χ1v) is 5.63. The lowest BCUT2D eigenvalue weighted by Crippen LogP contribution is -2.22. The predicted molar refractivity (Wildman–Crippen MR) is 69.2 cm³/mol. The normalized spacial score (nSPS) is 10.4. The fraction of sp³-hybridized carbons (Fsp3) is 0. The molecule has 0 unspecified atom stereocenters. The molecular weight excluding hydrogens is 226 g/mol. The lowest BCUT2D eigenvalue weighted by atomic mass is 10.3. The summed E-state index contributed by atoms with van der Waals surface area (Å²) >= 11 is 0. The van der Waals surface area contributed by atoms with Gasteiger partial charge in [0.05, 0.1) is 5.69 Å². The van der Waals surface area contributed by atoms with Crippen LogP contribution in [0.3, 0.4) is 0 Å². The van der Waals surface area contributed by atoms with E-state index in [-0.39, 0.29) is 5.69 Å². The Morgan fingerprint density at radius 3 is 2.28 bits per heavy atom. The Hall–Kier alpha value is -2.62. The summed E-state index contributed by atoms with van der Waals surface area (Å²) in [5, 5.41) is 0. The molecule has 0 radical (unpaired) electrons. The zero-order chi connectivity index (χ0) is 12.4. The number of nitrogens with zero attached hydrogens (tertiary/aromatic N) is 3. The number of rotatable bonds is 2. The van der Waals surface area contributed by atoms with Gasteiger partial charge in [-0.25, -0.2) is 9.78 Å². The van der Waals surface area contributed by atoms with Crippen molar-refractivity contribution in [3.05, 3.63) is 77.6 Å². The van der Waals surface area contributed by atoms with Crippen molar-refractivity contribution in [3.8, 4) is 11.5 Å². The summed E-state index contributed by atoms with van der Waals surface area (Å²) in [6.07, 6.45) is 5.13. The number of para-hydroxylation sites is 1. The second-order valence-electron chi connectivity index (χ2n) is 3.84. The van der Waals surface area contributed by atoms with E-state index in [2.05, 4.69) is 4.98 Å². The van der Waals surface area contributed by atoms with Crippen LogP contribution in [-0.2, 0) is 0 Å². The fourth-order valence-corrected chi connectivity index (χ4v) is 1.83. The van der Waals surface area contributed by atoms with Gasteiger partial charge in [0.15, 0.2) is 0 Å². The van der Waals surface area contributed by atoms with Crippen LogP contribution in [0.25, 0.3) is 11.5 Å². The number of pyridine rings is 1. The Morgan fingerprint density at radius 1 is 0.833 bits per heavy atom. The second kappa shape index (κ2) is 4.33. The van der Waals surface area contributed by atoms with Crippen molar-refractivity contribution < 1.29 is 0 Å². The maximum Gasteiger partial charge on any atom is 0.338 e. The molecule has 0 fully saturated rings. The molecule has 0 aliphatic rings. The molecule has 2 heterocycles. The zero-order valence-corrected chi connectivity index (χ0v) is 9.60. The minimum absolute atomic E-state index is 0.125. The third-order valence-corrected chi connectivity index (χ3v) is 2.71. The van der Waals surface area contributed by atoms with Crippen molar-refractivity contribution in [2.75, 3.05) is 0 Å². The predicted octanol–water partition coefficient (Wildman–Crippen LogP) is 2.02. The molecule has 0 aliphatic heterocycles. The first-order valence-electron chi connectivity index (χ1n) is 5.63. The van der Waals surface area contributed by atoms with Gasteiger partial charge >= 0.3 is 5.69 Å². The Balaban J connectivity index is 2.12. The summed E-state index contributed by atoms with van der Waals surface area (Å²) in [7, 11) is 0. The van der Waals surface area contributed by atoms with Crippen molar-refractivity contribution in [2.45, 2.75) is 0 Å². The largest absolute Gasteiger partial charge is 0.338 e. The summed E-state index contributed by atoms with van der Waals surface area (Å²) in [6, 6.07) is 15.0. The topological polar surface area (TPSA) is 39.8 Å². The van der Waals surface area contributed by atoms with Gasteiger partial charge in [-0.05, 0) is 24.3 Å². The molecule has 0 N–H and O–H groups in total. The summed E-state index contributed by atoms with van der Waals surface area (Å²) in [5.41, 5.74) is 0.720. The van der Waals surface area contributed by atoms with Crippen LogP contribution in [0.2, 0.25) is 0 Å². The molecule has 0 aliphatic carbocycles. The van der Waals surface area contributed by atoms with Gasteiger partial charge < -0.3 is 0 Å². The highest BCUT2D eigenvalue weighted by Gasteiger charge is 2.06. The van der Waals surface area contributed by atoms with Crippen LogP contribution in [-0.4, -0.2) is 14.1 Å². The summed E-state index contributed by atoms with van der Waals surface area (Å²) in [6.45, 7) is 0. The third kappa shape index (κ3) is 1.73. The Morgan fingerprint density at radius 2 is 1.56 bits per heavy atom. The van der Waals surface area contributed by atoms with Crippen molar-refractivity contribution in [3.63, 3.8) is 0 Å². The number of aromatic nitrogens is 3. The van der Waals surface area contributed by atoms with E-state index in [1.54, 1.807) is 29.2 Å². The Bertz CT molecular complexity index is 639. The number of hydrogen-bond donors (Lipinski definition) is 0. The average molecular weight is 237 g/mol. The number of imidazole rings is 1. The molecule has 18 heavy (non-hydrogen) atoms. The van der Waals surface area contributed by atoms with Crippen LogP contribution in [0.4, 0.5) is 0 Å². The molecular formula is C14H11N3O. The minimum atomic E-state index is -0.125. The lowest BCUT2D eigenvalue weighted by molar-refractivity contribution is 0.885. The standard InChI is InChI=1S/C14H11N3O/c18-14-16(12-6-2-1-3-7-12)10-11-17(14)13-8-4-5-9-15-13/h1-11H. The average Bonchev–Trinajstić information content (AvgIpc) is 2.83. The molecule has 0 amide bonds. The third-order valence-electron chi connectivity index (χ3n) is 2.71. The van der Waals surface area contributed by atoms with E-state index in [0.717, 1.165) is 5.69 Å². The molecule has 0 bridgehead atoms. The van der Waals surface area contributed by atoms with Crippen molar-refractivity contribution >= 4 is 0 Å². The maximum atomic E-state index is 12.3. The minimum Gasteiger partial charge on any atom is -0.268 e. The van der Waals surface area contributed by atoms with Crippen LogP contribution in [0.1, 0.15) is 0 Å². The van der Waals surface area contributed by atoms with Crippen molar-refractivity contribution in [1.82, 2.24) is 14.1 Å². The van der Waals surface area contributed by atoms with Gasteiger partial charge in [0.2, 0.25) is 0 Å². The van der Waals surface area contributed by atoms with E-state index >= 15 is 0 Å². The number of benzene rings is 1. The van der Waals surface area contributed by atoms with E-state index in [9.17, 15) is 4.79 Å². The van der Waals surface area contributed by atoms with Crippen LogP contribution >= 0.6 is 0 Å². The highest BCUT2D eigenvalue weighted by atomic mass is 16.1. The summed E-state index contributed by atoms with van der Waals surface area (Å²) in [4.78, 5) is 16.4. The summed E-state index contributed by atoms with van der Waals surface area (Å²) < 4.78 is 3.11. The van der Waals surface area contributed by atoms with Crippen LogP contribution < -0.4 is 5.69 Å². The van der Waals surface area contributed by atoms with E-state index in [0.29, 0.717) is 5.82 Å².